The summed E-state index contributed by atoms with van der Waals surface area (Å²) in [5.41, 5.74) is 0. The zero-order valence-electron chi connectivity index (χ0n) is 10.6. The summed E-state index contributed by atoms with van der Waals surface area (Å²) in [7, 11) is 2.12. The van der Waals surface area contributed by atoms with Crippen molar-refractivity contribution in [3.05, 3.63) is 12.7 Å². The maximum atomic E-state index is 11.9. The molecule has 1 heterocycles. The standard InChI is InChI=1S/C12H23N3O/c1-5-6-13-7-12(16)15-8-10(2)14(4)11(3)9-15/h5,10-11,13H,1,6-9H2,2-4H3. The molecule has 16 heavy (non-hydrogen) atoms. The Bertz CT molecular complexity index is 243. The van der Waals surface area contributed by atoms with Gasteiger partial charge in [-0.05, 0) is 20.9 Å². The maximum Gasteiger partial charge on any atom is 0.236 e. The molecule has 1 aliphatic heterocycles. The van der Waals surface area contributed by atoms with Crippen LogP contribution in [0.25, 0.3) is 0 Å². The molecule has 0 radical (unpaired) electrons. The van der Waals surface area contributed by atoms with Gasteiger partial charge in [0.15, 0.2) is 0 Å². The summed E-state index contributed by atoms with van der Waals surface area (Å²) in [6, 6.07) is 0.874. The van der Waals surface area contributed by atoms with E-state index in [1.165, 1.54) is 0 Å². The van der Waals surface area contributed by atoms with Gasteiger partial charge >= 0.3 is 0 Å². The van der Waals surface area contributed by atoms with Crippen molar-refractivity contribution in [3.63, 3.8) is 0 Å². The first-order valence-corrected chi connectivity index (χ1v) is 5.87. The van der Waals surface area contributed by atoms with Gasteiger partial charge in [0.2, 0.25) is 5.91 Å². The van der Waals surface area contributed by atoms with Gasteiger partial charge < -0.3 is 10.2 Å². The lowest BCUT2D eigenvalue weighted by molar-refractivity contribution is -0.134. The fourth-order valence-electron chi connectivity index (χ4n) is 2.00. The van der Waals surface area contributed by atoms with Crippen LogP contribution in [0.1, 0.15) is 13.8 Å². The van der Waals surface area contributed by atoms with Gasteiger partial charge in [-0.25, -0.2) is 0 Å². The molecule has 2 atom stereocenters. The molecule has 0 saturated carbocycles. The normalized spacial score (nSPS) is 26.8. The Balaban J connectivity index is 2.42. The number of nitrogens with one attached hydrogen (secondary N) is 1. The molecule has 4 nitrogen and oxygen atoms in total. The number of rotatable bonds is 4. The molecule has 0 aromatic heterocycles. The molecule has 0 bridgehead atoms. The van der Waals surface area contributed by atoms with Crippen LogP contribution in [0.4, 0.5) is 0 Å². The summed E-state index contributed by atoms with van der Waals surface area (Å²) in [5, 5.41) is 3.05. The molecule has 1 rings (SSSR count). The Morgan fingerprint density at radius 3 is 2.50 bits per heavy atom. The molecule has 1 fully saturated rings. The Morgan fingerprint density at radius 2 is 2.00 bits per heavy atom. The topological polar surface area (TPSA) is 35.6 Å². The van der Waals surface area contributed by atoms with Gasteiger partial charge in [-0.2, -0.15) is 0 Å². The first kappa shape index (κ1) is 13.2. The lowest BCUT2D eigenvalue weighted by Crippen LogP contribution is -2.57. The molecule has 92 valence electrons. The van der Waals surface area contributed by atoms with Crippen LogP contribution in [0.5, 0.6) is 0 Å². The Kier molecular flexibility index (Phi) is 4.96. The van der Waals surface area contributed by atoms with Crippen molar-refractivity contribution in [2.75, 3.05) is 33.2 Å². The summed E-state index contributed by atoms with van der Waals surface area (Å²) in [5.74, 6) is 0.189. The van der Waals surface area contributed by atoms with Crippen LogP contribution in [0.3, 0.4) is 0 Å². The molecule has 1 N–H and O–H groups in total. The van der Waals surface area contributed by atoms with Crippen LogP contribution >= 0.6 is 0 Å². The summed E-state index contributed by atoms with van der Waals surface area (Å²) in [6.07, 6.45) is 1.77. The van der Waals surface area contributed by atoms with Gasteiger partial charge in [0.05, 0.1) is 6.54 Å². The summed E-state index contributed by atoms with van der Waals surface area (Å²) >= 11 is 0. The van der Waals surface area contributed by atoms with E-state index in [-0.39, 0.29) is 5.91 Å². The predicted octanol–water partition coefficient (Wildman–Crippen LogP) is 0.313. The number of hydrogen-bond acceptors (Lipinski definition) is 3. The van der Waals surface area contributed by atoms with Crippen molar-refractivity contribution < 1.29 is 4.79 Å². The molecule has 4 heteroatoms. The van der Waals surface area contributed by atoms with Crippen LogP contribution in [0.2, 0.25) is 0 Å². The summed E-state index contributed by atoms with van der Waals surface area (Å²) < 4.78 is 0. The van der Waals surface area contributed by atoms with Gasteiger partial charge in [0.1, 0.15) is 0 Å². The van der Waals surface area contributed by atoms with E-state index in [9.17, 15) is 4.79 Å². The van der Waals surface area contributed by atoms with Gasteiger partial charge in [0, 0.05) is 31.7 Å². The zero-order valence-corrected chi connectivity index (χ0v) is 10.6. The maximum absolute atomic E-state index is 11.9. The minimum Gasteiger partial charge on any atom is -0.338 e. The number of amides is 1. The number of carbonyl (C=O) groups excluding carboxylic acids is 1. The quantitative estimate of drug-likeness (QED) is 0.552. The highest BCUT2D eigenvalue weighted by atomic mass is 16.2. The molecule has 0 aromatic rings. The number of nitrogens with zero attached hydrogens (tertiary/aromatic N) is 2. The number of likely N-dealkylation sites (N-methyl/N-ethyl adjacent to an activating group) is 1. The van der Waals surface area contributed by atoms with Crippen molar-refractivity contribution in [1.29, 1.82) is 0 Å². The van der Waals surface area contributed by atoms with Crippen LogP contribution in [0, 0.1) is 0 Å². The van der Waals surface area contributed by atoms with Crippen molar-refractivity contribution in [1.82, 2.24) is 15.1 Å². The summed E-state index contributed by atoms with van der Waals surface area (Å²) in [6.45, 7) is 10.7. The minimum atomic E-state index is 0.189. The van der Waals surface area contributed by atoms with Crippen LogP contribution in [-0.4, -0.2) is 61.0 Å². The molecule has 1 aliphatic rings. The monoisotopic (exact) mass is 225 g/mol. The Labute approximate surface area is 98.3 Å². The first-order valence-electron chi connectivity index (χ1n) is 5.87. The second-order valence-electron chi connectivity index (χ2n) is 4.58. The van der Waals surface area contributed by atoms with Gasteiger partial charge in [0.25, 0.3) is 0 Å². The third kappa shape index (κ3) is 3.32. The van der Waals surface area contributed by atoms with Crippen molar-refractivity contribution >= 4 is 5.91 Å². The third-order valence-corrected chi connectivity index (χ3v) is 3.28. The predicted molar refractivity (Wildman–Crippen MR) is 66.3 cm³/mol. The van der Waals surface area contributed by atoms with E-state index < -0.39 is 0 Å². The molecule has 1 saturated heterocycles. The van der Waals surface area contributed by atoms with E-state index in [0.717, 1.165) is 13.1 Å². The highest BCUT2D eigenvalue weighted by Crippen LogP contribution is 2.12. The summed E-state index contributed by atoms with van der Waals surface area (Å²) in [4.78, 5) is 16.2. The molecular weight excluding hydrogens is 202 g/mol. The lowest BCUT2D eigenvalue weighted by Gasteiger charge is -2.42. The number of piperazine rings is 1. The Morgan fingerprint density at radius 1 is 1.44 bits per heavy atom. The average molecular weight is 225 g/mol. The number of hydrogen-bond donors (Lipinski definition) is 1. The fraction of sp³-hybridized carbons (Fsp3) is 0.750. The average Bonchev–Trinajstić information content (AvgIpc) is 2.25. The second kappa shape index (κ2) is 6.01. The highest BCUT2D eigenvalue weighted by molar-refractivity contribution is 5.78. The van der Waals surface area contributed by atoms with E-state index in [1.54, 1.807) is 6.08 Å². The number of carbonyl (C=O) groups is 1. The molecule has 2 unspecified atom stereocenters. The molecule has 0 aliphatic carbocycles. The van der Waals surface area contributed by atoms with E-state index in [2.05, 4.69) is 37.7 Å². The molecule has 0 aromatic carbocycles. The molecule has 0 spiro atoms. The van der Waals surface area contributed by atoms with Gasteiger partial charge in [-0.1, -0.05) is 6.08 Å². The smallest absolute Gasteiger partial charge is 0.236 e. The van der Waals surface area contributed by atoms with Crippen LogP contribution in [-0.2, 0) is 4.79 Å². The molecule has 1 amide bonds. The van der Waals surface area contributed by atoms with Crippen molar-refractivity contribution in [2.45, 2.75) is 25.9 Å². The van der Waals surface area contributed by atoms with Crippen molar-refractivity contribution in [2.24, 2.45) is 0 Å². The second-order valence-corrected chi connectivity index (χ2v) is 4.58. The van der Waals surface area contributed by atoms with Crippen LogP contribution < -0.4 is 5.32 Å². The SMILES string of the molecule is C=CCNCC(=O)N1CC(C)N(C)C(C)C1. The van der Waals surface area contributed by atoms with E-state index in [1.807, 2.05) is 4.90 Å². The van der Waals surface area contributed by atoms with Crippen LogP contribution in [0.15, 0.2) is 12.7 Å². The van der Waals surface area contributed by atoms with Gasteiger partial charge in [-0.3, -0.25) is 9.69 Å². The van der Waals surface area contributed by atoms with Gasteiger partial charge in [-0.15, -0.1) is 6.58 Å². The third-order valence-electron chi connectivity index (χ3n) is 3.28. The highest BCUT2D eigenvalue weighted by Gasteiger charge is 2.28. The minimum absolute atomic E-state index is 0.189. The Hall–Kier alpha value is -0.870. The van der Waals surface area contributed by atoms with Crippen molar-refractivity contribution in [3.8, 4) is 0 Å². The van der Waals surface area contributed by atoms with E-state index in [0.29, 0.717) is 25.2 Å². The molecular formula is C12H23N3O. The fourth-order valence-corrected chi connectivity index (χ4v) is 2.00. The van der Waals surface area contributed by atoms with E-state index >= 15 is 0 Å². The largest absolute Gasteiger partial charge is 0.338 e. The van der Waals surface area contributed by atoms with E-state index in [4.69, 9.17) is 0 Å². The zero-order chi connectivity index (χ0) is 12.1. The first-order chi connectivity index (χ1) is 7.56. The lowest BCUT2D eigenvalue weighted by atomic mass is 10.1.